The molecule has 0 atom stereocenters. The van der Waals surface area contributed by atoms with E-state index in [9.17, 15) is 0 Å². The van der Waals surface area contributed by atoms with Gasteiger partial charge in [-0.1, -0.05) is 13.8 Å². The summed E-state index contributed by atoms with van der Waals surface area (Å²) in [6.45, 7) is 5.11. The van der Waals surface area contributed by atoms with E-state index in [4.69, 9.17) is 4.74 Å². The minimum Gasteiger partial charge on any atom is -0.484 e. The van der Waals surface area contributed by atoms with Crippen LogP contribution in [0.1, 0.15) is 13.8 Å². The SMILES string of the molecule is CC(C)COc1cccs1. The van der Waals surface area contributed by atoms with Crippen molar-refractivity contribution in [3.05, 3.63) is 17.5 Å². The zero-order valence-corrected chi connectivity index (χ0v) is 7.15. The highest BCUT2D eigenvalue weighted by Gasteiger charge is 1.95. The van der Waals surface area contributed by atoms with E-state index in [1.54, 1.807) is 11.3 Å². The molecule has 0 saturated carbocycles. The van der Waals surface area contributed by atoms with Crippen molar-refractivity contribution >= 4 is 11.3 Å². The monoisotopic (exact) mass is 156 g/mol. The summed E-state index contributed by atoms with van der Waals surface area (Å²) in [4.78, 5) is 0. The van der Waals surface area contributed by atoms with Crippen LogP contribution in [0.4, 0.5) is 0 Å². The Morgan fingerprint density at radius 2 is 2.40 bits per heavy atom. The van der Waals surface area contributed by atoms with Gasteiger partial charge in [0.05, 0.1) is 6.61 Å². The van der Waals surface area contributed by atoms with Crippen LogP contribution in [0.15, 0.2) is 17.5 Å². The smallest absolute Gasteiger partial charge is 0.173 e. The van der Waals surface area contributed by atoms with Crippen LogP contribution < -0.4 is 4.74 Å². The molecule has 0 amide bonds. The second kappa shape index (κ2) is 3.62. The van der Waals surface area contributed by atoms with Gasteiger partial charge in [0.1, 0.15) is 0 Å². The van der Waals surface area contributed by atoms with E-state index in [0.29, 0.717) is 5.92 Å². The van der Waals surface area contributed by atoms with Crippen molar-refractivity contribution in [2.45, 2.75) is 13.8 Å². The summed E-state index contributed by atoms with van der Waals surface area (Å²) in [6, 6.07) is 3.99. The van der Waals surface area contributed by atoms with Crippen LogP contribution >= 0.6 is 11.3 Å². The molecule has 0 bridgehead atoms. The minimum atomic E-state index is 0.613. The molecule has 0 aliphatic heterocycles. The Kier molecular flexibility index (Phi) is 2.75. The Bertz CT molecular complexity index is 167. The van der Waals surface area contributed by atoms with Gasteiger partial charge in [-0.15, -0.1) is 11.3 Å². The summed E-state index contributed by atoms with van der Waals surface area (Å²) in [7, 11) is 0. The molecular formula is C8H12OS. The molecule has 0 aliphatic rings. The average Bonchev–Trinajstić information content (AvgIpc) is 2.34. The average molecular weight is 156 g/mol. The van der Waals surface area contributed by atoms with Crippen LogP contribution in [0.25, 0.3) is 0 Å². The van der Waals surface area contributed by atoms with E-state index in [2.05, 4.69) is 13.8 Å². The lowest BCUT2D eigenvalue weighted by Crippen LogP contribution is -2.02. The van der Waals surface area contributed by atoms with E-state index in [1.165, 1.54) is 0 Å². The van der Waals surface area contributed by atoms with Gasteiger partial charge in [-0.2, -0.15) is 0 Å². The van der Waals surface area contributed by atoms with E-state index in [-0.39, 0.29) is 0 Å². The fourth-order valence-corrected chi connectivity index (χ4v) is 1.18. The second-order valence-electron chi connectivity index (χ2n) is 2.64. The van der Waals surface area contributed by atoms with Crippen LogP contribution in [-0.4, -0.2) is 6.61 Å². The summed E-state index contributed by atoms with van der Waals surface area (Å²) in [5.74, 6) is 0.613. The molecule has 1 heterocycles. The molecule has 56 valence electrons. The maximum Gasteiger partial charge on any atom is 0.173 e. The lowest BCUT2D eigenvalue weighted by Gasteiger charge is -2.04. The van der Waals surface area contributed by atoms with Crippen molar-refractivity contribution in [1.82, 2.24) is 0 Å². The zero-order chi connectivity index (χ0) is 7.40. The first-order chi connectivity index (χ1) is 4.79. The molecule has 0 N–H and O–H groups in total. The van der Waals surface area contributed by atoms with E-state index in [0.717, 1.165) is 11.7 Å². The normalized spacial score (nSPS) is 10.3. The molecule has 0 fully saturated rings. The molecule has 10 heavy (non-hydrogen) atoms. The van der Waals surface area contributed by atoms with Crippen molar-refractivity contribution in [2.75, 3.05) is 6.61 Å². The van der Waals surface area contributed by atoms with Crippen LogP contribution in [0.5, 0.6) is 5.06 Å². The van der Waals surface area contributed by atoms with Crippen molar-refractivity contribution < 1.29 is 4.74 Å². The third kappa shape index (κ3) is 2.40. The molecule has 2 heteroatoms. The first kappa shape index (κ1) is 7.61. The van der Waals surface area contributed by atoms with Gasteiger partial charge in [0.15, 0.2) is 5.06 Å². The summed E-state index contributed by atoms with van der Waals surface area (Å²) < 4.78 is 5.43. The van der Waals surface area contributed by atoms with Gasteiger partial charge in [0.2, 0.25) is 0 Å². The Hall–Kier alpha value is -0.500. The maximum atomic E-state index is 5.43. The summed E-state index contributed by atoms with van der Waals surface area (Å²) in [5.41, 5.74) is 0. The summed E-state index contributed by atoms with van der Waals surface area (Å²) >= 11 is 1.64. The van der Waals surface area contributed by atoms with E-state index < -0.39 is 0 Å². The van der Waals surface area contributed by atoms with Crippen molar-refractivity contribution in [3.8, 4) is 5.06 Å². The van der Waals surface area contributed by atoms with Gasteiger partial charge in [-0.05, 0) is 23.4 Å². The van der Waals surface area contributed by atoms with E-state index >= 15 is 0 Å². The van der Waals surface area contributed by atoms with E-state index in [1.807, 2.05) is 17.5 Å². The van der Waals surface area contributed by atoms with Gasteiger partial charge >= 0.3 is 0 Å². The van der Waals surface area contributed by atoms with Gasteiger partial charge in [0, 0.05) is 0 Å². The Balaban J connectivity index is 2.28. The highest BCUT2D eigenvalue weighted by molar-refractivity contribution is 7.11. The number of thiophene rings is 1. The Morgan fingerprint density at radius 1 is 1.60 bits per heavy atom. The highest BCUT2D eigenvalue weighted by Crippen LogP contribution is 2.18. The van der Waals surface area contributed by atoms with Crippen LogP contribution in [0.2, 0.25) is 0 Å². The van der Waals surface area contributed by atoms with Crippen LogP contribution in [0.3, 0.4) is 0 Å². The molecule has 0 spiro atoms. The first-order valence-corrected chi connectivity index (χ1v) is 4.33. The molecule has 0 saturated heterocycles. The van der Waals surface area contributed by atoms with Crippen molar-refractivity contribution in [3.63, 3.8) is 0 Å². The number of hydrogen-bond acceptors (Lipinski definition) is 2. The number of ether oxygens (including phenoxy) is 1. The quantitative estimate of drug-likeness (QED) is 0.654. The maximum absolute atomic E-state index is 5.43. The molecule has 1 rings (SSSR count). The molecular weight excluding hydrogens is 144 g/mol. The van der Waals surface area contributed by atoms with Gasteiger partial charge in [-0.25, -0.2) is 0 Å². The Labute approximate surface area is 65.6 Å². The lowest BCUT2D eigenvalue weighted by molar-refractivity contribution is 0.278. The number of rotatable bonds is 3. The first-order valence-electron chi connectivity index (χ1n) is 3.45. The van der Waals surface area contributed by atoms with Crippen molar-refractivity contribution in [1.29, 1.82) is 0 Å². The molecule has 1 aromatic heterocycles. The van der Waals surface area contributed by atoms with Gasteiger partial charge in [-0.3, -0.25) is 0 Å². The standard InChI is InChI=1S/C8H12OS/c1-7(2)6-9-8-4-3-5-10-8/h3-5,7H,6H2,1-2H3. The summed E-state index contributed by atoms with van der Waals surface area (Å²) in [6.07, 6.45) is 0. The fourth-order valence-electron chi connectivity index (χ4n) is 0.594. The molecule has 0 unspecified atom stereocenters. The molecule has 1 aromatic rings. The van der Waals surface area contributed by atoms with Crippen molar-refractivity contribution in [2.24, 2.45) is 5.92 Å². The predicted octanol–water partition coefficient (Wildman–Crippen LogP) is 2.78. The second-order valence-corrected chi connectivity index (χ2v) is 3.55. The summed E-state index contributed by atoms with van der Waals surface area (Å²) in [5, 5.41) is 3.05. The predicted molar refractivity (Wildman–Crippen MR) is 44.7 cm³/mol. The van der Waals surface area contributed by atoms with Crippen LogP contribution in [0, 0.1) is 5.92 Å². The lowest BCUT2D eigenvalue weighted by atomic mass is 10.2. The Morgan fingerprint density at radius 3 is 2.90 bits per heavy atom. The molecule has 0 aliphatic carbocycles. The number of hydrogen-bond donors (Lipinski definition) is 0. The highest BCUT2D eigenvalue weighted by atomic mass is 32.1. The minimum absolute atomic E-state index is 0.613. The van der Waals surface area contributed by atoms with Crippen LogP contribution in [-0.2, 0) is 0 Å². The fraction of sp³-hybridized carbons (Fsp3) is 0.500. The molecule has 0 aromatic carbocycles. The van der Waals surface area contributed by atoms with Gasteiger partial charge in [0.25, 0.3) is 0 Å². The molecule has 1 nitrogen and oxygen atoms in total. The third-order valence-corrected chi connectivity index (χ3v) is 1.83. The topological polar surface area (TPSA) is 9.23 Å². The largest absolute Gasteiger partial charge is 0.484 e. The van der Waals surface area contributed by atoms with Gasteiger partial charge < -0.3 is 4.74 Å². The third-order valence-electron chi connectivity index (χ3n) is 1.05. The molecule has 0 radical (unpaired) electrons. The zero-order valence-electron chi connectivity index (χ0n) is 6.33.